The monoisotopic (exact) mass is 228 g/mol. The van der Waals surface area contributed by atoms with Crippen molar-refractivity contribution in [2.45, 2.75) is 26.2 Å². The summed E-state index contributed by atoms with van der Waals surface area (Å²) in [5.41, 5.74) is 1.64. The van der Waals surface area contributed by atoms with E-state index >= 15 is 0 Å². The van der Waals surface area contributed by atoms with Gasteiger partial charge in [0.25, 0.3) is 0 Å². The number of aromatic carboxylic acids is 1. The van der Waals surface area contributed by atoms with E-state index in [1.807, 2.05) is 18.2 Å². The lowest BCUT2D eigenvalue weighted by Crippen LogP contribution is -1.97. The maximum atomic E-state index is 10.9. The molecule has 2 rings (SSSR count). The molecule has 2 nitrogen and oxygen atoms in total. The van der Waals surface area contributed by atoms with Crippen LogP contribution < -0.4 is 0 Å². The van der Waals surface area contributed by atoms with Gasteiger partial charge in [0.15, 0.2) is 0 Å². The molecule has 0 fully saturated rings. The number of fused-ring (bicyclic) bond motifs is 1. The standard InChI is InChI=1S/C15H16O2/c1-3-10(2)13-6-4-5-11-9-12(15(16)17)7-8-14(11)13/h4-10H,3H2,1-2H3,(H,16,17). The average molecular weight is 228 g/mol. The van der Waals surface area contributed by atoms with Crippen LogP contribution in [-0.4, -0.2) is 11.1 Å². The molecule has 0 aromatic heterocycles. The molecule has 0 aliphatic rings. The van der Waals surface area contributed by atoms with E-state index in [0.717, 1.165) is 17.2 Å². The number of hydrogen-bond donors (Lipinski definition) is 1. The molecule has 0 saturated heterocycles. The molecular formula is C15H16O2. The van der Waals surface area contributed by atoms with E-state index in [1.54, 1.807) is 12.1 Å². The Kier molecular flexibility index (Phi) is 3.14. The topological polar surface area (TPSA) is 37.3 Å². The minimum Gasteiger partial charge on any atom is -0.478 e. The normalized spacial score (nSPS) is 12.6. The molecule has 0 bridgehead atoms. The first-order chi connectivity index (χ1) is 8.13. The van der Waals surface area contributed by atoms with Crippen LogP contribution in [-0.2, 0) is 0 Å². The van der Waals surface area contributed by atoms with E-state index in [-0.39, 0.29) is 0 Å². The van der Waals surface area contributed by atoms with Crippen LogP contribution in [0.25, 0.3) is 10.8 Å². The Bertz CT molecular complexity index is 558. The van der Waals surface area contributed by atoms with Gasteiger partial charge >= 0.3 is 5.97 Å². The SMILES string of the molecule is CCC(C)c1cccc2cc(C(=O)O)ccc12. The quantitative estimate of drug-likeness (QED) is 0.860. The first-order valence-corrected chi connectivity index (χ1v) is 5.89. The van der Waals surface area contributed by atoms with Gasteiger partial charge in [-0.25, -0.2) is 4.79 Å². The van der Waals surface area contributed by atoms with Crippen LogP contribution in [0, 0.1) is 0 Å². The summed E-state index contributed by atoms with van der Waals surface area (Å²) in [5, 5.41) is 11.1. The van der Waals surface area contributed by atoms with Crippen molar-refractivity contribution in [2.75, 3.05) is 0 Å². The lowest BCUT2D eigenvalue weighted by molar-refractivity contribution is 0.0697. The lowest BCUT2D eigenvalue weighted by Gasteiger charge is -2.12. The molecule has 0 amide bonds. The molecule has 0 radical (unpaired) electrons. The Labute approximate surface area is 101 Å². The molecule has 17 heavy (non-hydrogen) atoms. The van der Waals surface area contributed by atoms with Gasteiger partial charge in [-0.2, -0.15) is 0 Å². The molecule has 0 aliphatic heterocycles. The second-order valence-corrected chi connectivity index (χ2v) is 4.40. The van der Waals surface area contributed by atoms with Crippen LogP contribution in [0.5, 0.6) is 0 Å². The predicted octanol–water partition coefficient (Wildman–Crippen LogP) is 4.05. The van der Waals surface area contributed by atoms with Gasteiger partial charge in [-0.15, -0.1) is 0 Å². The Morgan fingerprint density at radius 1 is 1.29 bits per heavy atom. The van der Waals surface area contributed by atoms with Crippen LogP contribution in [0.2, 0.25) is 0 Å². The highest BCUT2D eigenvalue weighted by Gasteiger charge is 2.09. The molecular weight excluding hydrogens is 212 g/mol. The number of hydrogen-bond acceptors (Lipinski definition) is 1. The van der Waals surface area contributed by atoms with Gasteiger partial charge in [0.2, 0.25) is 0 Å². The molecule has 1 unspecified atom stereocenters. The number of carboxylic acid groups (broad SMARTS) is 1. The lowest BCUT2D eigenvalue weighted by atomic mass is 9.92. The molecule has 1 N–H and O–H groups in total. The summed E-state index contributed by atoms with van der Waals surface area (Å²) in [6.45, 7) is 4.36. The molecule has 2 aromatic carbocycles. The highest BCUT2D eigenvalue weighted by Crippen LogP contribution is 2.28. The summed E-state index contributed by atoms with van der Waals surface area (Å²) in [4.78, 5) is 10.9. The second-order valence-electron chi connectivity index (χ2n) is 4.40. The van der Waals surface area contributed by atoms with E-state index in [0.29, 0.717) is 11.5 Å². The molecule has 0 saturated carbocycles. The third-order valence-corrected chi connectivity index (χ3v) is 3.30. The fourth-order valence-electron chi connectivity index (χ4n) is 2.09. The summed E-state index contributed by atoms with van der Waals surface area (Å²) < 4.78 is 0. The summed E-state index contributed by atoms with van der Waals surface area (Å²) in [7, 11) is 0. The summed E-state index contributed by atoms with van der Waals surface area (Å²) >= 11 is 0. The molecule has 88 valence electrons. The van der Waals surface area contributed by atoms with Crippen LogP contribution in [0.15, 0.2) is 36.4 Å². The molecule has 1 atom stereocenters. The second kappa shape index (κ2) is 4.58. The van der Waals surface area contributed by atoms with Crippen molar-refractivity contribution >= 4 is 16.7 Å². The zero-order valence-corrected chi connectivity index (χ0v) is 10.1. The van der Waals surface area contributed by atoms with Crippen molar-refractivity contribution in [1.82, 2.24) is 0 Å². The third kappa shape index (κ3) is 2.16. The predicted molar refractivity (Wildman–Crippen MR) is 69.6 cm³/mol. The fourth-order valence-corrected chi connectivity index (χ4v) is 2.09. The Morgan fingerprint density at radius 3 is 2.71 bits per heavy atom. The van der Waals surface area contributed by atoms with E-state index in [2.05, 4.69) is 19.9 Å². The van der Waals surface area contributed by atoms with E-state index in [9.17, 15) is 4.79 Å². The van der Waals surface area contributed by atoms with Gasteiger partial charge in [0.05, 0.1) is 5.56 Å². The number of rotatable bonds is 3. The van der Waals surface area contributed by atoms with Crippen LogP contribution >= 0.6 is 0 Å². The van der Waals surface area contributed by atoms with Crippen molar-refractivity contribution < 1.29 is 9.90 Å². The molecule has 0 heterocycles. The smallest absolute Gasteiger partial charge is 0.335 e. The van der Waals surface area contributed by atoms with Crippen molar-refractivity contribution in [3.63, 3.8) is 0 Å². The maximum Gasteiger partial charge on any atom is 0.335 e. The fraction of sp³-hybridized carbons (Fsp3) is 0.267. The molecule has 2 aromatic rings. The van der Waals surface area contributed by atoms with Crippen molar-refractivity contribution in [2.24, 2.45) is 0 Å². The van der Waals surface area contributed by atoms with Crippen LogP contribution in [0.3, 0.4) is 0 Å². The summed E-state index contributed by atoms with van der Waals surface area (Å²) in [6.07, 6.45) is 1.08. The average Bonchev–Trinajstić information content (AvgIpc) is 2.36. The number of carboxylic acids is 1. The van der Waals surface area contributed by atoms with Gasteiger partial charge in [0, 0.05) is 0 Å². The van der Waals surface area contributed by atoms with Crippen molar-refractivity contribution in [1.29, 1.82) is 0 Å². The Hall–Kier alpha value is -1.83. The van der Waals surface area contributed by atoms with Crippen molar-refractivity contribution in [3.8, 4) is 0 Å². The van der Waals surface area contributed by atoms with E-state index in [4.69, 9.17) is 5.11 Å². The molecule has 2 heteroatoms. The van der Waals surface area contributed by atoms with Gasteiger partial charge < -0.3 is 5.11 Å². The van der Waals surface area contributed by atoms with Gasteiger partial charge in [-0.1, -0.05) is 38.1 Å². The number of carbonyl (C=O) groups is 1. The molecule has 0 spiro atoms. The highest BCUT2D eigenvalue weighted by atomic mass is 16.4. The van der Waals surface area contributed by atoms with Gasteiger partial charge in [-0.3, -0.25) is 0 Å². The zero-order chi connectivity index (χ0) is 12.4. The van der Waals surface area contributed by atoms with E-state index < -0.39 is 5.97 Å². The van der Waals surface area contributed by atoms with Crippen molar-refractivity contribution in [3.05, 3.63) is 47.5 Å². The molecule has 0 aliphatic carbocycles. The van der Waals surface area contributed by atoms with Gasteiger partial charge in [0.1, 0.15) is 0 Å². The van der Waals surface area contributed by atoms with Gasteiger partial charge in [-0.05, 0) is 40.8 Å². The van der Waals surface area contributed by atoms with E-state index in [1.165, 1.54) is 5.56 Å². The first-order valence-electron chi connectivity index (χ1n) is 5.89. The third-order valence-electron chi connectivity index (χ3n) is 3.30. The largest absolute Gasteiger partial charge is 0.478 e. The minimum atomic E-state index is -0.874. The Balaban J connectivity index is 2.62. The summed E-state index contributed by atoms with van der Waals surface area (Å²) in [6, 6.07) is 11.4. The number of benzene rings is 2. The first kappa shape index (κ1) is 11.6. The Morgan fingerprint density at radius 2 is 2.06 bits per heavy atom. The van der Waals surface area contributed by atoms with Crippen LogP contribution in [0.1, 0.15) is 42.1 Å². The minimum absolute atomic E-state index is 0.346. The van der Waals surface area contributed by atoms with Crippen LogP contribution in [0.4, 0.5) is 0 Å². The maximum absolute atomic E-state index is 10.9. The summed E-state index contributed by atoms with van der Waals surface area (Å²) in [5.74, 6) is -0.379. The zero-order valence-electron chi connectivity index (χ0n) is 10.1. The highest BCUT2D eigenvalue weighted by molar-refractivity contribution is 5.95.